The summed E-state index contributed by atoms with van der Waals surface area (Å²) < 4.78 is 10.2. The molecule has 2 N–H and O–H groups in total. The number of aryl methyl sites for hydroxylation is 1. The number of rotatable bonds is 7. The summed E-state index contributed by atoms with van der Waals surface area (Å²) in [5.41, 5.74) is 1.72. The minimum atomic E-state index is -0.550. The topological polar surface area (TPSA) is 76.7 Å². The van der Waals surface area contributed by atoms with Crippen molar-refractivity contribution in [2.24, 2.45) is 5.92 Å². The molecule has 0 heterocycles. The van der Waals surface area contributed by atoms with Crippen LogP contribution in [-0.4, -0.2) is 31.4 Å². The van der Waals surface area contributed by atoms with Gasteiger partial charge in [0.2, 0.25) is 0 Å². The van der Waals surface area contributed by atoms with E-state index in [1.165, 1.54) is 0 Å². The molecule has 0 saturated heterocycles. The average molecular weight is 322 g/mol. The van der Waals surface area contributed by atoms with Gasteiger partial charge in [0, 0.05) is 5.69 Å². The first-order valence-corrected chi connectivity index (χ1v) is 7.84. The van der Waals surface area contributed by atoms with Crippen LogP contribution in [-0.2, 0) is 9.47 Å². The summed E-state index contributed by atoms with van der Waals surface area (Å²) in [6.07, 6.45) is -0.409. The normalized spacial score (nSPS) is 11.7. The summed E-state index contributed by atoms with van der Waals surface area (Å²) in [5, 5.41) is 5.33. The summed E-state index contributed by atoms with van der Waals surface area (Å²) in [6, 6.07) is 7.15. The van der Waals surface area contributed by atoms with Crippen LogP contribution in [0, 0.1) is 12.8 Å². The molecule has 0 fully saturated rings. The molecule has 6 nitrogen and oxygen atoms in total. The van der Waals surface area contributed by atoms with Crippen molar-refractivity contribution in [3.8, 4) is 0 Å². The lowest BCUT2D eigenvalue weighted by Crippen LogP contribution is -2.39. The van der Waals surface area contributed by atoms with Crippen LogP contribution in [0.2, 0.25) is 0 Å². The van der Waals surface area contributed by atoms with Gasteiger partial charge in [-0.15, -0.1) is 0 Å². The molecule has 0 spiro atoms. The van der Waals surface area contributed by atoms with Crippen molar-refractivity contribution in [1.82, 2.24) is 5.32 Å². The minimum Gasteiger partial charge on any atom is -0.449 e. The van der Waals surface area contributed by atoms with E-state index in [2.05, 4.69) is 10.6 Å². The Hall–Kier alpha value is -2.24. The lowest BCUT2D eigenvalue weighted by Gasteiger charge is -2.17. The van der Waals surface area contributed by atoms with E-state index in [9.17, 15) is 9.59 Å². The molecule has 0 saturated carbocycles. The van der Waals surface area contributed by atoms with Crippen molar-refractivity contribution in [2.45, 2.75) is 40.2 Å². The number of alkyl carbamates (subject to hydrolysis) is 1. The first-order valence-electron chi connectivity index (χ1n) is 7.84. The van der Waals surface area contributed by atoms with Crippen molar-refractivity contribution in [1.29, 1.82) is 0 Å². The number of benzene rings is 1. The highest BCUT2D eigenvalue weighted by Crippen LogP contribution is 2.09. The van der Waals surface area contributed by atoms with E-state index in [4.69, 9.17) is 9.47 Å². The monoisotopic (exact) mass is 322 g/mol. The van der Waals surface area contributed by atoms with Crippen LogP contribution in [0.3, 0.4) is 0 Å². The molecule has 0 aliphatic heterocycles. The van der Waals surface area contributed by atoms with Crippen LogP contribution in [0.15, 0.2) is 24.3 Å². The summed E-state index contributed by atoms with van der Waals surface area (Å²) in [4.78, 5) is 23.4. The molecule has 1 aromatic carbocycles. The van der Waals surface area contributed by atoms with Gasteiger partial charge in [-0.25, -0.2) is 9.59 Å². The van der Waals surface area contributed by atoms with E-state index in [1.54, 1.807) is 6.07 Å². The summed E-state index contributed by atoms with van der Waals surface area (Å²) in [5.74, 6) is 0.275. The zero-order chi connectivity index (χ0) is 17.2. The Balaban J connectivity index is 2.35. The van der Waals surface area contributed by atoms with Crippen LogP contribution in [0.4, 0.5) is 15.3 Å². The first-order chi connectivity index (χ1) is 10.9. The van der Waals surface area contributed by atoms with Crippen LogP contribution in [0.25, 0.3) is 0 Å². The second kappa shape index (κ2) is 9.71. The molecule has 0 aromatic heterocycles. The maximum atomic E-state index is 11.8. The molecule has 0 aliphatic rings. The third-order valence-electron chi connectivity index (χ3n) is 3.04. The zero-order valence-electron chi connectivity index (χ0n) is 14.2. The fourth-order valence-corrected chi connectivity index (χ4v) is 1.77. The van der Waals surface area contributed by atoms with Crippen LogP contribution in [0.1, 0.15) is 32.8 Å². The Morgan fingerprint density at radius 1 is 1.13 bits per heavy atom. The quantitative estimate of drug-likeness (QED) is 0.802. The Morgan fingerprint density at radius 3 is 2.43 bits per heavy atom. The molecule has 0 aliphatic carbocycles. The predicted molar refractivity (Wildman–Crippen MR) is 89.6 cm³/mol. The largest absolute Gasteiger partial charge is 0.449 e. The second-order valence-corrected chi connectivity index (χ2v) is 5.83. The van der Waals surface area contributed by atoms with E-state index in [0.717, 1.165) is 5.56 Å². The average Bonchev–Trinajstić information content (AvgIpc) is 2.49. The van der Waals surface area contributed by atoms with Crippen LogP contribution in [0.5, 0.6) is 0 Å². The van der Waals surface area contributed by atoms with Crippen molar-refractivity contribution >= 4 is 17.9 Å². The summed E-state index contributed by atoms with van der Waals surface area (Å²) in [7, 11) is 0. The molecular weight excluding hydrogens is 296 g/mol. The van der Waals surface area contributed by atoms with E-state index in [1.807, 2.05) is 45.9 Å². The van der Waals surface area contributed by atoms with Gasteiger partial charge in [-0.2, -0.15) is 0 Å². The van der Waals surface area contributed by atoms with Crippen LogP contribution < -0.4 is 10.6 Å². The molecule has 6 heteroatoms. The number of carbonyl (C=O) groups excluding carboxylic acids is 2. The maximum absolute atomic E-state index is 11.8. The number of hydrogen-bond acceptors (Lipinski definition) is 4. The molecule has 1 aromatic rings. The second-order valence-electron chi connectivity index (χ2n) is 5.83. The summed E-state index contributed by atoms with van der Waals surface area (Å²) >= 11 is 0. The standard InChI is InChI=1S/C17H26N2O4/c1-5-14(18-16(20)22-10-12(2)3)11-23-17(21)19-15-8-6-7-13(4)9-15/h6-9,12,14H,5,10-11H2,1-4H3,(H,18,20)(H,19,21)/t14-/m1/s1. The number of anilines is 1. The van der Waals surface area contributed by atoms with Gasteiger partial charge in [0.05, 0.1) is 12.6 Å². The molecular formula is C17H26N2O4. The highest BCUT2D eigenvalue weighted by atomic mass is 16.6. The number of hydrogen-bond donors (Lipinski definition) is 2. The zero-order valence-corrected chi connectivity index (χ0v) is 14.2. The first kappa shape index (κ1) is 18.8. The number of ether oxygens (including phenoxy) is 2. The van der Waals surface area contributed by atoms with Gasteiger partial charge in [0.15, 0.2) is 0 Å². The van der Waals surface area contributed by atoms with E-state index in [-0.39, 0.29) is 18.6 Å². The molecule has 128 valence electrons. The van der Waals surface area contributed by atoms with Gasteiger partial charge in [0.1, 0.15) is 6.61 Å². The van der Waals surface area contributed by atoms with Crippen molar-refractivity contribution in [2.75, 3.05) is 18.5 Å². The van der Waals surface area contributed by atoms with Crippen molar-refractivity contribution in [3.63, 3.8) is 0 Å². The molecule has 2 amide bonds. The van der Waals surface area contributed by atoms with Gasteiger partial charge >= 0.3 is 12.2 Å². The fourth-order valence-electron chi connectivity index (χ4n) is 1.77. The molecule has 1 rings (SSSR count). The number of nitrogens with one attached hydrogen (secondary N) is 2. The lowest BCUT2D eigenvalue weighted by molar-refractivity contribution is 0.116. The maximum Gasteiger partial charge on any atom is 0.411 e. The third-order valence-corrected chi connectivity index (χ3v) is 3.04. The Kier molecular flexibility index (Phi) is 7.94. The van der Waals surface area contributed by atoms with Crippen molar-refractivity contribution in [3.05, 3.63) is 29.8 Å². The van der Waals surface area contributed by atoms with E-state index >= 15 is 0 Å². The number of carbonyl (C=O) groups is 2. The van der Waals surface area contributed by atoms with E-state index in [0.29, 0.717) is 18.7 Å². The van der Waals surface area contributed by atoms with Gasteiger partial charge in [0.25, 0.3) is 0 Å². The Morgan fingerprint density at radius 2 is 1.83 bits per heavy atom. The van der Waals surface area contributed by atoms with Gasteiger partial charge in [-0.3, -0.25) is 5.32 Å². The molecule has 0 bridgehead atoms. The Bertz CT molecular complexity index is 517. The molecule has 23 heavy (non-hydrogen) atoms. The van der Waals surface area contributed by atoms with Crippen LogP contribution >= 0.6 is 0 Å². The molecule has 1 atom stereocenters. The minimum absolute atomic E-state index is 0.0882. The van der Waals surface area contributed by atoms with Gasteiger partial charge in [-0.1, -0.05) is 32.9 Å². The fraction of sp³-hybridized carbons (Fsp3) is 0.529. The highest BCUT2D eigenvalue weighted by Gasteiger charge is 2.14. The number of amides is 2. The predicted octanol–water partition coefficient (Wildman–Crippen LogP) is 3.70. The molecule has 0 unspecified atom stereocenters. The third kappa shape index (κ3) is 8.09. The smallest absolute Gasteiger partial charge is 0.411 e. The summed E-state index contributed by atoms with van der Waals surface area (Å²) in [6.45, 7) is 8.21. The van der Waals surface area contributed by atoms with Gasteiger partial charge < -0.3 is 14.8 Å². The SMILES string of the molecule is CC[C@H](COC(=O)Nc1cccc(C)c1)NC(=O)OCC(C)C. The van der Waals surface area contributed by atoms with E-state index < -0.39 is 12.2 Å². The lowest BCUT2D eigenvalue weighted by atomic mass is 10.2. The van der Waals surface area contributed by atoms with Gasteiger partial charge in [-0.05, 0) is 37.0 Å². The Labute approximate surface area is 137 Å². The highest BCUT2D eigenvalue weighted by molar-refractivity contribution is 5.84. The molecule has 0 radical (unpaired) electrons. The van der Waals surface area contributed by atoms with Crippen molar-refractivity contribution < 1.29 is 19.1 Å².